The Morgan fingerprint density at radius 3 is 1.28 bits per heavy atom. The van der Waals surface area contributed by atoms with Gasteiger partial charge in [-0.1, -0.05) is 187 Å². The molecule has 0 amide bonds. The van der Waals surface area contributed by atoms with Crippen LogP contribution in [-0.4, -0.2) is 37.2 Å². The first kappa shape index (κ1) is 55.8. The second-order valence-electron chi connectivity index (χ2n) is 15.0. The van der Waals surface area contributed by atoms with Crippen molar-refractivity contribution in [2.75, 3.05) is 13.2 Å². The minimum Gasteiger partial charge on any atom is -0.462 e. The van der Waals surface area contributed by atoms with Gasteiger partial charge >= 0.3 is 17.9 Å². The fourth-order valence-electron chi connectivity index (χ4n) is 5.82. The monoisotopic (exact) mass is 829 g/mol. The van der Waals surface area contributed by atoms with E-state index in [0.29, 0.717) is 25.7 Å². The zero-order valence-electron chi connectivity index (χ0n) is 38.2. The van der Waals surface area contributed by atoms with Crippen molar-refractivity contribution in [1.29, 1.82) is 0 Å². The van der Waals surface area contributed by atoms with Crippen molar-refractivity contribution >= 4 is 17.9 Å². The second kappa shape index (κ2) is 47.5. The van der Waals surface area contributed by atoms with Gasteiger partial charge in [0.05, 0.1) is 0 Å². The zero-order chi connectivity index (χ0) is 43.7. The number of esters is 3. The minimum atomic E-state index is -0.819. The van der Waals surface area contributed by atoms with E-state index in [-0.39, 0.29) is 31.1 Å². The molecule has 0 aromatic rings. The molecule has 0 aromatic heterocycles. The molecule has 60 heavy (non-hydrogen) atoms. The molecule has 0 N–H and O–H groups in total. The van der Waals surface area contributed by atoms with Gasteiger partial charge in [-0.05, 0) is 96.3 Å². The summed E-state index contributed by atoms with van der Waals surface area (Å²) in [5.41, 5.74) is 0. The zero-order valence-corrected chi connectivity index (χ0v) is 38.2. The molecule has 1 atom stereocenters. The van der Waals surface area contributed by atoms with E-state index in [2.05, 4.69) is 93.7 Å². The summed E-state index contributed by atoms with van der Waals surface area (Å²) in [5, 5.41) is 0. The van der Waals surface area contributed by atoms with Gasteiger partial charge in [-0.3, -0.25) is 14.4 Å². The fourth-order valence-corrected chi connectivity index (χ4v) is 5.82. The van der Waals surface area contributed by atoms with E-state index in [1.165, 1.54) is 32.1 Å². The van der Waals surface area contributed by atoms with E-state index >= 15 is 0 Å². The predicted molar refractivity (Wildman–Crippen MR) is 256 cm³/mol. The summed E-state index contributed by atoms with van der Waals surface area (Å²) in [6, 6.07) is 0. The van der Waals surface area contributed by atoms with Gasteiger partial charge in [-0.15, -0.1) is 0 Å². The van der Waals surface area contributed by atoms with E-state index < -0.39 is 6.10 Å². The topological polar surface area (TPSA) is 78.9 Å². The molecule has 0 saturated heterocycles. The lowest BCUT2D eigenvalue weighted by atomic mass is 10.1. The standard InChI is InChI=1S/C54H84O6/c1-4-7-10-13-16-19-22-25-27-29-32-35-38-41-44-47-53(56)59-50-51(49-58-52(55)46-43-40-37-34-31-24-21-18-15-12-9-6-3)60-54(57)48-45-42-39-36-33-30-28-26-23-20-17-14-11-8-5-2/h7,9-10,12-13,16-23,25-27,29,31-32,34,51H,4-6,8,11,14-15,24,28,30,33,35-50H2,1-3H3/b10-7-,12-9-,16-13-,20-17-,21-18-,22-19-,26-23-,27-25-,32-29-,34-31-. The van der Waals surface area contributed by atoms with Gasteiger partial charge in [0.15, 0.2) is 6.10 Å². The maximum atomic E-state index is 12.8. The third-order valence-corrected chi connectivity index (χ3v) is 9.34. The Kier molecular flexibility index (Phi) is 44.2. The highest BCUT2D eigenvalue weighted by Crippen LogP contribution is 2.12. The van der Waals surface area contributed by atoms with E-state index in [4.69, 9.17) is 14.2 Å². The normalized spacial score (nSPS) is 13.2. The smallest absolute Gasteiger partial charge is 0.306 e. The SMILES string of the molecule is CC\C=C/C=C\C=C/C=C\C=C/CCCCCC(=O)OCC(COC(=O)CCCC/C=C\C/C=C\C/C=C\CC)OC(=O)CCCCCCCC/C=C\C=C/CCCCC. The Hall–Kier alpha value is -4.19. The molecule has 0 aliphatic carbocycles. The molecule has 6 nitrogen and oxygen atoms in total. The number of carbonyl (C=O) groups is 3. The molecule has 0 aliphatic heterocycles. The van der Waals surface area contributed by atoms with E-state index in [1.54, 1.807) is 0 Å². The minimum absolute atomic E-state index is 0.121. The Morgan fingerprint density at radius 2 is 0.733 bits per heavy atom. The molecule has 0 fully saturated rings. The van der Waals surface area contributed by atoms with Crippen LogP contribution in [0.4, 0.5) is 0 Å². The maximum absolute atomic E-state index is 12.8. The highest BCUT2D eigenvalue weighted by Gasteiger charge is 2.19. The quantitative estimate of drug-likeness (QED) is 0.0201. The van der Waals surface area contributed by atoms with E-state index in [9.17, 15) is 14.4 Å². The number of ether oxygens (including phenoxy) is 3. The van der Waals surface area contributed by atoms with Gasteiger partial charge in [0.1, 0.15) is 13.2 Å². The molecule has 0 saturated carbocycles. The lowest BCUT2D eigenvalue weighted by molar-refractivity contribution is -0.167. The van der Waals surface area contributed by atoms with Crippen LogP contribution in [-0.2, 0) is 28.6 Å². The van der Waals surface area contributed by atoms with Crippen LogP contribution in [0.5, 0.6) is 0 Å². The largest absolute Gasteiger partial charge is 0.462 e. The Balaban J connectivity index is 4.57. The lowest BCUT2D eigenvalue weighted by Gasteiger charge is -2.18. The van der Waals surface area contributed by atoms with Gasteiger partial charge < -0.3 is 14.2 Å². The molecule has 336 valence electrons. The number of hydrogen-bond donors (Lipinski definition) is 0. The molecule has 0 radical (unpaired) electrons. The van der Waals surface area contributed by atoms with Crippen molar-refractivity contribution < 1.29 is 28.6 Å². The van der Waals surface area contributed by atoms with Gasteiger partial charge in [-0.25, -0.2) is 0 Å². The van der Waals surface area contributed by atoms with Crippen LogP contribution in [0.1, 0.15) is 181 Å². The lowest BCUT2D eigenvalue weighted by Crippen LogP contribution is -2.30. The van der Waals surface area contributed by atoms with Crippen molar-refractivity contribution in [2.24, 2.45) is 0 Å². The molecule has 1 unspecified atom stereocenters. The van der Waals surface area contributed by atoms with Gasteiger partial charge in [0.2, 0.25) is 0 Å². The number of unbranched alkanes of at least 4 members (excludes halogenated alkanes) is 14. The summed E-state index contributed by atoms with van der Waals surface area (Å²) in [7, 11) is 0. The van der Waals surface area contributed by atoms with Crippen molar-refractivity contribution in [3.63, 3.8) is 0 Å². The summed E-state index contributed by atoms with van der Waals surface area (Å²) < 4.78 is 16.7. The summed E-state index contributed by atoms with van der Waals surface area (Å²) in [6.07, 6.45) is 64.6. The van der Waals surface area contributed by atoms with Crippen molar-refractivity contribution in [3.8, 4) is 0 Å². The average molecular weight is 829 g/mol. The molecular formula is C54H84O6. The van der Waals surface area contributed by atoms with E-state index in [0.717, 1.165) is 103 Å². The molecule has 6 heteroatoms. The summed E-state index contributed by atoms with van der Waals surface area (Å²) in [6.45, 7) is 6.23. The molecule has 0 aliphatic rings. The van der Waals surface area contributed by atoms with E-state index in [1.807, 2.05) is 48.6 Å². The first-order valence-electron chi connectivity index (χ1n) is 23.6. The van der Waals surface area contributed by atoms with Crippen LogP contribution in [0.15, 0.2) is 122 Å². The highest BCUT2D eigenvalue weighted by molar-refractivity contribution is 5.71. The number of carbonyl (C=O) groups excluding carboxylic acids is 3. The van der Waals surface area contributed by atoms with Crippen molar-refractivity contribution in [3.05, 3.63) is 122 Å². The van der Waals surface area contributed by atoms with Crippen LogP contribution in [0.3, 0.4) is 0 Å². The highest BCUT2D eigenvalue weighted by atomic mass is 16.6. The second-order valence-corrected chi connectivity index (χ2v) is 15.0. The summed E-state index contributed by atoms with van der Waals surface area (Å²) in [4.78, 5) is 37.8. The molecular weight excluding hydrogens is 745 g/mol. The van der Waals surface area contributed by atoms with Crippen LogP contribution >= 0.6 is 0 Å². The molecule has 0 rings (SSSR count). The average Bonchev–Trinajstić information content (AvgIpc) is 3.24. The first-order chi connectivity index (χ1) is 29.5. The number of allylic oxidation sites excluding steroid dienone is 20. The Morgan fingerprint density at radius 1 is 0.367 bits per heavy atom. The van der Waals surface area contributed by atoms with Gasteiger partial charge in [0, 0.05) is 19.3 Å². The van der Waals surface area contributed by atoms with Crippen LogP contribution in [0, 0.1) is 0 Å². The third-order valence-electron chi connectivity index (χ3n) is 9.34. The van der Waals surface area contributed by atoms with Crippen LogP contribution in [0.2, 0.25) is 0 Å². The van der Waals surface area contributed by atoms with Crippen molar-refractivity contribution in [2.45, 2.75) is 187 Å². The molecule has 0 spiro atoms. The molecule has 0 heterocycles. The predicted octanol–water partition coefficient (Wildman–Crippen LogP) is 15.4. The van der Waals surface area contributed by atoms with Crippen LogP contribution in [0.25, 0.3) is 0 Å². The summed E-state index contributed by atoms with van der Waals surface area (Å²) >= 11 is 0. The fraction of sp³-hybridized carbons (Fsp3) is 0.574. The van der Waals surface area contributed by atoms with Crippen LogP contribution < -0.4 is 0 Å². The van der Waals surface area contributed by atoms with Gasteiger partial charge in [-0.2, -0.15) is 0 Å². The molecule has 0 aromatic carbocycles. The Bertz CT molecular complexity index is 1320. The maximum Gasteiger partial charge on any atom is 0.306 e. The molecule has 0 bridgehead atoms. The number of hydrogen-bond acceptors (Lipinski definition) is 6. The number of rotatable bonds is 40. The van der Waals surface area contributed by atoms with Crippen molar-refractivity contribution in [1.82, 2.24) is 0 Å². The Labute approximate surface area is 367 Å². The summed E-state index contributed by atoms with van der Waals surface area (Å²) in [5.74, 6) is -1.02. The third kappa shape index (κ3) is 44.9. The first-order valence-corrected chi connectivity index (χ1v) is 23.6. The van der Waals surface area contributed by atoms with Gasteiger partial charge in [0.25, 0.3) is 0 Å².